The summed E-state index contributed by atoms with van der Waals surface area (Å²) in [5, 5.41) is 6.63. The zero-order valence-corrected chi connectivity index (χ0v) is 39.1. The predicted octanol–water partition coefficient (Wildman–Crippen LogP) is 7.99. The number of hydrogen-bond donors (Lipinski definition) is 2. The molecule has 1 aromatic heterocycles. The van der Waals surface area contributed by atoms with Crippen LogP contribution in [0.2, 0.25) is 5.02 Å². The zero-order chi connectivity index (χ0) is 47.9. The average molecular weight is 954 g/mol. The molecule has 2 unspecified atom stereocenters. The van der Waals surface area contributed by atoms with Crippen molar-refractivity contribution in [2.75, 3.05) is 54.4 Å². The Morgan fingerprint density at radius 1 is 0.783 bits per heavy atom. The highest BCUT2D eigenvalue weighted by Gasteiger charge is 2.45. The van der Waals surface area contributed by atoms with Crippen LogP contribution in [0, 0.1) is 17.7 Å². The van der Waals surface area contributed by atoms with E-state index in [1.165, 1.54) is 6.07 Å². The van der Waals surface area contributed by atoms with E-state index in [4.69, 9.17) is 16.3 Å². The van der Waals surface area contributed by atoms with Gasteiger partial charge in [0.1, 0.15) is 23.7 Å². The van der Waals surface area contributed by atoms with Gasteiger partial charge in [-0.2, -0.15) is 0 Å². The third-order valence-electron chi connectivity index (χ3n) is 14.8. The van der Waals surface area contributed by atoms with E-state index in [1.54, 1.807) is 48.7 Å². The number of likely N-dealkylation sites (tertiary alicyclic amines) is 1. The van der Waals surface area contributed by atoms with Gasteiger partial charge in [-0.3, -0.25) is 44.0 Å². The molecule has 356 valence electrons. The number of anilines is 3. The van der Waals surface area contributed by atoms with Crippen LogP contribution in [0.3, 0.4) is 0 Å². The third-order valence-corrected chi connectivity index (χ3v) is 15.1. The van der Waals surface area contributed by atoms with Crippen LogP contribution in [0.1, 0.15) is 101 Å². The molecule has 5 heterocycles. The van der Waals surface area contributed by atoms with Crippen molar-refractivity contribution in [3.05, 3.63) is 124 Å². The summed E-state index contributed by atoms with van der Waals surface area (Å²) in [5.74, 6) is -1.71. The minimum Gasteiger partial charge on any atom is -0.489 e. The number of carbonyl (C=O) groups excluding carboxylic acids is 6. The standard InChI is InChI=1S/C53H53ClFN7O7/c1-31(32-5-7-33(8-6-32)40-17-20-56-45-14-9-35(55)28-42(40)45)49(64)57-36-10-13-44(54)47(29-36)69-39-18-21-61(22-19-39)51(66)34-3-2-4-37(27-34)59-23-25-60(26-24-59)38-11-12-41-43(30-38)53(68)62(52(41)67)46-15-16-48(63)58-50(46)65/h2-4,9-14,17,20,27-33,39,46H,5-8,15-16,18-19,21-26H2,1H3,(H,57,64)(H,58,63,65). The monoisotopic (exact) mass is 953 g/mol. The number of rotatable bonds is 10. The lowest BCUT2D eigenvalue weighted by molar-refractivity contribution is -0.136. The van der Waals surface area contributed by atoms with Crippen LogP contribution in [0.15, 0.2) is 91.1 Å². The number of nitrogens with zero attached hydrogens (tertiary/aromatic N) is 5. The van der Waals surface area contributed by atoms with Crippen molar-refractivity contribution in [1.82, 2.24) is 20.1 Å². The highest BCUT2D eigenvalue weighted by Crippen LogP contribution is 2.41. The highest BCUT2D eigenvalue weighted by molar-refractivity contribution is 6.32. The number of carbonyl (C=O) groups is 6. The molecule has 69 heavy (non-hydrogen) atoms. The first-order valence-corrected chi connectivity index (χ1v) is 24.3. The fraction of sp³-hybridized carbons (Fsp3) is 0.377. The van der Waals surface area contributed by atoms with E-state index in [0.717, 1.165) is 58.4 Å². The lowest BCUT2D eigenvalue weighted by Gasteiger charge is -2.37. The van der Waals surface area contributed by atoms with E-state index in [2.05, 4.69) is 25.4 Å². The number of piperazine rings is 1. The van der Waals surface area contributed by atoms with Gasteiger partial charge in [-0.05, 0) is 122 Å². The lowest BCUT2D eigenvalue weighted by atomic mass is 9.73. The zero-order valence-electron chi connectivity index (χ0n) is 38.3. The average Bonchev–Trinajstić information content (AvgIpc) is 3.62. The van der Waals surface area contributed by atoms with Gasteiger partial charge in [0.05, 0.1) is 21.7 Å². The Balaban J connectivity index is 0.691. The summed E-state index contributed by atoms with van der Waals surface area (Å²) in [5.41, 5.74) is 5.35. The summed E-state index contributed by atoms with van der Waals surface area (Å²) >= 11 is 6.61. The number of amides is 6. The largest absolute Gasteiger partial charge is 0.489 e. The maximum Gasteiger partial charge on any atom is 0.262 e. The number of ether oxygens (including phenoxy) is 1. The Labute approximate surface area is 404 Å². The molecule has 5 aliphatic rings. The van der Waals surface area contributed by atoms with Gasteiger partial charge in [0, 0.05) is 105 Å². The van der Waals surface area contributed by atoms with Crippen LogP contribution in [-0.2, 0) is 14.4 Å². The Morgan fingerprint density at radius 2 is 1.51 bits per heavy atom. The second-order valence-electron chi connectivity index (χ2n) is 18.9. The molecule has 2 N–H and O–H groups in total. The molecule has 0 bridgehead atoms. The van der Waals surface area contributed by atoms with Crippen molar-refractivity contribution in [2.45, 2.75) is 76.4 Å². The Kier molecular flexibility index (Phi) is 12.8. The van der Waals surface area contributed by atoms with Crippen molar-refractivity contribution in [3.63, 3.8) is 0 Å². The number of aromatic nitrogens is 1. The molecule has 3 saturated heterocycles. The quantitative estimate of drug-likeness (QED) is 0.131. The molecular formula is C53H53ClFN7O7. The third kappa shape index (κ3) is 9.36. The molecule has 0 radical (unpaired) electrons. The van der Waals surface area contributed by atoms with Crippen molar-refractivity contribution in [1.29, 1.82) is 0 Å². The summed E-state index contributed by atoms with van der Waals surface area (Å²) in [6.07, 6.45) is 6.63. The van der Waals surface area contributed by atoms with Crippen molar-refractivity contribution >= 4 is 75.0 Å². The topological polar surface area (TPSA) is 162 Å². The van der Waals surface area contributed by atoms with Gasteiger partial charge < -0.3 is 24.8 Å². The van der Waals surface area contributed by atoms with Crippen LogP contribution in [0.25, 0.3) is 10.9 Å². The fourth-order valence-corrected chi connectivity index (χ4v) is 11.0. The summed E-state index contributed by atoms with van der Waals surface area (Å²) in [4.78, 5) is 89.8. The summed E-state index contributed by atoms with van der Waals surface area (Å²) in [6.45, 7) is 5.60. The van der Waals surface area contributed by atoms with Gasteiger partial charge in [-0.25, -0.2) is 4.39 Å². The normalized spacial score (nSPS) is 21.6. The lowest BCUT2D eigenvalue weighted by Crippen LogP contribution is -2.54. The van der Waals surface area contributed by atoms with Crippen molar-refractivity contribution in [3.8, 4) is 5.75 Å². The molecule has 6 amide bonds. The minimum absolute atomic E-state index is 0.0516. The molecule has 0 spiro atoms. The SMILES string of the molecule is CC(C(=O)Nc1ccc(Cl)c(OC2CCN(C(=O)c3cccc(N4CCN(c5ccc6c(c5)C(=O)N(C5CCC(=O)NC5=O)C6=O)CC4)c3)CC2)c1)C1CCC(c2ccnc3ccc(F)cc23)CC1. The summed E-state index contributed by atoms with van der Waals surface area (Å²) in [6, 6.07) is 23.8. The molecule has 1 saturated carbocycles. The first-order valence-electron chi connectivity index (χ1n) is 23.9. The maximum atomic E-state index is 14.1. The van der Waals surface area contributed by atoms with Gasteiger partial charge in [0.2, 0.25) is 17.7 Å². The molecule has 4 fully saturated rings. The van der Waals surface area contributed by atoms with Crippen LogP contribution in [0.5, 0.6) is 5.75 Å². The molecule has 2 atom stereocenters. The molecule has 16 heteroatoms. The van der Waals surface area contributed by atoms with E-state index >= 15 is 0 Å². The molecule has 4 aromatic carbocycles. The highest BCUT2D eigenvalue weighted by atomic mass is 35.5. The van der Waals surface area contributed by atoms with Crippen LogP contribution in [-0.4, -0.2) is 102 Å². The summed E-state index contributed by atoms with van der Waals surface area (Å²) in [7, 11) is 0. The van der Waals surface area contributed by atoms with E-state index in [1.807, 2.05) is 48.2 Å². The molecule has 5 aromatic rings. The van der Waals surface area contributed by atoms with E-state index in [9.17, 15) is 33.2 Å². The molecule has 14 nitrogen and oxygen atoms in total. The molecule has 4 aliphatic heterocycles. The Morgan fingerprint density at radius 3 is 2.25 bits per heavy atom. The maximum absolute atomic E-state index is 14.1. The number of piperidine rings is 2. The van der Waals surface area contributed by atoms with Gasteiger partial charge in [0.15, 0.2) is 0 Å². The van der Waals surface area contributed by atoms with Gasteiger partial charge >= 0.3 is 0 Å². The predicted molar refractivity (Wildman–Crippen MR) is 259 cm³/mol. The molecular weight excluding hydrogens is 901 g/mol. The van der Waals surface area contributed by atoms with Gasteiger partial charge in [-0.1, -0.05) is 24.6 Å². The number of fused-ring (bicyclic) bond motifs is 2. The number of imide groups is 2. The van der Waals surface area contributed by atoms with Crippen molar-refractivity contribution in [2.24, 2.45) is 11.8 Å². The van der Waals surface area contributed by atoms with E-state index < -0.39 is 29.7 Å². The minimum atomic E-state index is -1.02. The number of nitrogens with one attached hydrogen (secondary N) is 2. The molecule has 10 rings (SSSR count). The Hall–Kier alpha value is -6.87. The second kappa shape index (κ2) is 19.3. The second-order valence-corrected chi connectivity index (χ2v) is 19.3. The van der Waals surface area contributed by atoms with Crippen molar-refractivity contribution < 1.29 is 37.9 Å². The van der Waals surface area contributed by atoms with Gasteiger partial charge in [0.25, 0.3) is 17.7 Å². The fourth-order valence-electron chi connectivity index (χ4n) is 10.8. The number of hydrogen-bond acceptors (Lipinski definition) is 10. The first kappa shape index (κ1) is 45.9. The van der Waals surface area contributed by atoms with Crippen LogP contribution < -0.4 is 25.2 Å². The number of benzene rings is 4. The molecule has 1 aliphatic carbocycles. The smallest absolute Gasteiger partial charge is 0.262 e. The van der Waals surface area contributed by atoms with Crippen LogP contribution >= 0.6 is 11.6 Å². The van der Waals surface area contributed by atoms with E-state index in [-0.39, 0.29) is 65.5 Å². The Bertz CT molecular complexity index is 2870. The van der Waals surface area contributed by atoms with Gasteiger partial charge in [-0.15, -0.1) is 0 Å². The van der Waals surface area contributed by atoms with E-state index in [0.29, 0.717) is 74.1 Å². The first-order chi connectivity index (χ1) is 33.4. The summed E-state index contributed by atoms with van der Waals surface area (Å²) < 4.78 is 20.5. The number of pyridine rings is 1. The van der Waals surface area contributed by atoms with Crippen LogP contribution in [0.4, 0.5) is 21.5 Å². The number of halogens is 2.